The Balaban J connectivity index is 1.94. The standard InChI is InChI=1S/C14H20N4O3/c1-10-3-2-5-14(7-10,12(19)20)18-13(21)16-8-11-4-6-15-9-17-11/h4,6,9-10H,2-3,5,7-8H2,1H3,(H,19,20)(H2,16,18,21). The molecule has 2 unspecified atom stereocenters. The Morgan fingerprint density at radius 3 is 2.95 bits per heavy atom. The molecule has 1 aliphatic carbocycles. The molecule has 1 aromatic rings. The molecule has 1 heterocycles. The van der Waals surface area contributed by atoms with E-state index >= 15 is 0 Å². The molecule has 0 spiro atoms. The summed E-state index contributed by atoms with van der Waals surface area (Å²) in [5, 5.41) is 14.8. The van der Waals surface area contributed by atoms with E-state index in [1.54, 1.807) is 12.3 Å². The van der Waals surface area contributed by atoms with E-state index in [-0.39, 0.29) is 12.5 Å². The first-order valence-electron chi connectivity index (χ1n) is 7.06. The van der Waals surface area contributed by atoms with Crippen LogP contribution in [0.15, 0.2) is 18.6 Å². The van der Waals surface area contributed by atoms with Gasteiger partial charge in [-0.05, 0) is 24.8 Å². The van der Waals surface area contributed by atoms with Crippen molar-refractivity contribution in [2.75, 3.05) is 0 Å². The SMILES string of the molecule is CC1CCCC(NC(=O)NCc2ccncn2)(C(=O)O)C1. The molecule has 7 heteroatoms. The van der Waals surface area contributed by atoms with Crippen LogP contribution in [0, 0.1) is 5.92 Å². The number of nitrogens with zero attached hydrogens (tertiary/aromatic N) is 2. The molecule has 0 saturated heterocycles. The average Bonchev–Trinajstić information content (AvgIpc) is 2.46. The third-order valence-corrected chi connectivity index (χ3v) is 3.83. The number of carboxylic acids is 1. The van der Waals surface area contributed by atoms with Crippen LogP contribution in [0.2, 0.25) is 0 Å². The number of urea groups is 1. The second kappa shape index (κ2) is 6.51. The van der Waals surface area contributed by atoms with Crippen molar-refractivity contribution in [2.24, 2.45) is 5.92 Å². The molecule has 2 rings (SSSR count). The van der Waals surface area contributed by atoms with Crippen LogP contribution in [0.5, 0.6) is 0 Å². The molecule has 0 aromatic carbocycles. The largest absolute Gasteiger partial charge is 0.480 e. The van der Waals surface area contributed by atoms with E-state index in [9.17, 15) is 14.7 Å². The molecule has 3 N–H and O–H groups in total. The zero-order chi connectivity index (χ0) is 15.3. The minimum atomic E-state index is -1.16. The fraction of sp³-hybridized carbons (Fsp3) is 0.571. The summed E-state index contributed by atoms with van der Waals surface area (Å²) in [4.78, 5) is 31.3. The first-order chi connectivity index (χ1) is 10.0. The van der Waals surface area contributed by atoms with Gasteiger partial charge >= 0.3 is 12.0 Å². The van der Waals surface area contributed by atoms with Gasteiger partial charge in [0.15, 0.2) is 0 Å². The number of carboxylic acid groups (broad SMARTS) is 1. The molecule has 1 aliphatic rings. The normalized spacial score (nSPS) is 25.1. The zero-order valence-corrected chi connectivity index (χ0v) is 12.0. The monoisotopic (exact) mass is 292 g/mol. The zero-order valence-electron chi connectivity index (χ0n) is 12.0. The van der Waals surface area contributed by atoms with Gasteiger partial charge in [0.1, 0.15) is 11.9 Å². The number of hydrogen-bond donors (Lipinski definition) is 3. The minimum Gasteiger partial charge on any atom is -0.480 e. The van der Waals surface area contributed by atoms with Crippen molar-refractivity contribution in [3.63, 3.8) is 0 Å². The number of nitrogens with one attached hydrogen (secondary N) is 2. The maximum atomic E-state index is 12.0. The molecular weight excluding hydrogens is 272 g/mol. The molecule has 1 saturated carbocycles. The first-order valence-corrected chi connectivity index (χ1v) is 7.06. The van der Waals surface area contributed by atoms with Gasteiger partial charge in [-0.2, -0.15) is 0 Å². The van der Waals surface area contributed by atoms with Gasteiger partial charge in [-0.1, -0.05) is 19.8 Å². The van der Waals surface area contributed by atoms with Gasteiger partial charge < -0.3 is 15.7 Å². The van der Waals surface area contributed by atoms with Crippen LogP contribution in [-0.2, 0) is 11.3 Å². The van der Waals surface area contributed by atoms with Crippen LogP contribution < -0.4 is 10.6 Å². The van der Waals surface area contributed by atoms with Gasteiger partial charge in [-0.3, -0.25) is 0 Å². The predicted molar refractivity (Wildman–Crippen MR) is 75.4 cm³/mol. The summed E-state index contributed by atoms with van der Waals surface area (Å²) < 4.78 is 0. The fourth-order valence-electron chi connectivity index (χ4n) is 2.77. The summed E-state index contributed by atoms with van der Waals surface area (Å²) in [6.07, 6.45) is 5.72. The van der Waals surface area contributed by atoms with Gasteiger partial charge in [-0.15, -0.1) is 0 Å². The molecule has 7 nitrogen and oxygen atoms in total. The maximum Gasteiger partial charge on any atom is 0.329 e. The van der Waals surface area contributed by atoms with Gasteiger partial charge in [0.05, 0.1) is 12.2 Å². The quantitative estimate of drug-likeness (QED) is 0.776. The van der Waals surface area contributed by atoms with E-state index < -0.39 is 17.5 Å². The molecule has 2 atom stereocenters. The van der Waals surface area contributed by atoms with Crippen molar-refractivity contribution in [1.82, 2.24) is 20.6 Å². The topological polar surface area (TPSA) is 104 Å². The molecule has 2 amide bonds. The third kappa shape index (κ3) is 3.90. The van der Waals surface area contributed by atoms with E-state index in [4.69, 9.17) is 0 Å². The first kappa shape index (κ1) is 15.2. The predicted octanol–water partition coefficient (Wildman–Crippen LogP) is 1.31. The van der Waals surface area contributed by atoms with Crippen molar-refractivity contribution in [3.05, 3.63) is 24.3 Å². The van der Waals surface area contributed by atoms with Crippen LogP contribution in [0.1, 0.15) is 38.3 Å². The Morgan fingerprint density at radius 1 is 1.52 bits per heavy atom. The van der Waals surface area contributed by atoms with Gasteiger partial charge in [-0.25, -0.2) is 19.6 Å². The summed E-state index contributed by atoms with van der Waals surface area (Å²) in [6.45, 7) is 2.25. The summed E-state index contributed by atoms with van der Waals surface area (Å²) >= 11 is 0. The third-order valence-electron chi connectivity index (χ3n) is 3.83. The number of aliphatic carboxylic acids is 1. The van der Waals surface area contributed by atoms with Crippen molar-refractivity contribution in [3.8, 4) is 0 Å². The van der Waals surface area contributed by atoms with Crippen LogP contribution in [0.25, 0.3) is 0 Å². The van der Waals surface area contributed by atoms with Crippen LogP contribution in [0.4, 0.5) is 4.79 Å². The van der Waals surface area contributed by atoms with E-state index in [2.05, 4.69) is 20.6 Å². The highest BCUT2D eigenvalue weighted by Crippen LogP contribution is 2.32. The number of aromatic nitrogens is 2. The lowest BCUT2D eigenvalue weighted by atomic mass is 9.76. The Labute approximate surface area is 123 Å². The summed E-state index contributed by atoms with van der Waals surface area (Å²) in [7, 11) is 0. The minimum absolute atomic E-state index is 0.236. The van der Waals surface area contributed by atoms with E-state index in [0.29, 0.717) is 18.5 Å². The molecule has 21 heavy (non-hydrogen) atoms. The number of rotatable bonds is 4. The Hall–Kier alpha value is -2.18. The summed E-state index contributed by atoms with van der Waals surface area (Å²) in [6, 6.07) is 1.21. The van der Waals surface area contributed by atoms with E-state index in [0.717, 1.165) is 12.8 Å². The van der Waals surface area contributed by atoms with Crippen molar-refractivity contribution in [1.29, 1.82) is 0 Å². The highest BCUT2D eigenvalue weighted by Gasteiger charge is 2.43. The lowest BCUT2D eigenvalue weighted by Crippen LogP contribution is -2.59. The lowest BCUT2D eigenvalue weighted by molar-refractivity contribution is -0.146. The molecule has 0 aliphatic heterocycles. The highest BCUT2D eigenvalue weighted by molar-refractivity contribution is 5.86. The van der Waals surface area contributed by atoms with E-state index in [1.807, 2.05) is 6.92 Å². The molecule has 0 bridgehead atoms. The van der Waals surface area contributed by atoms with Crippen molar-refractivity contribution in [2.45, 2.75) is 44.7 Å². The Kier molecular flexibility index (Phi) is 4.72. The second-order valence-corrected chi connectivity index (χ2v) is 5.60. The molecular formula is C14H20N4O3. The average molecular weight is 292 g/mol. The summed E-state index contributed by atoms with van der Waals surface area (Å²) in [5.41, 5.74) is -0.491. The van der Waals surface area contributed by atoms with Crippen LogP contribution in [-0.4, -0.2) is 32.6 Å². The molecule has 114 valence electrons. The number of amides is 2. The Bertz CT molecular complexity index is 508. The highest BCUT2D eigenvalue weighted by atomic mass is 16.4. The number of carbonyl (C=O) groups excluding carboxylic acids is 1. The van der Waals surface area contributed by atoms with E-state index in [1.165, 1.54) is 6.33 Å². The summed E-state index contributed by atoms with van der Waals surface area (Å²) in [5.74, 6) is -0.678. The smallest absolute Gasteiger partial charge is 0.329 e. The van der Waals surface area contributed by atoms with Crippen molar-refractivity contribution < 1.29 is 14.7 Å². The second-order valence-electron chi connectivity index (χ2n) is 5.60. The molecule has 1 fully saturated rings. The number of carbonyl (C=O) groups is 2. The maximum absolute atomic E-state index is 12.0. The Morgan fingerprint density at radius 2 is 2.33 bits per heavy atom. The lowest BCUT2D eigenvalue weighted by Gasteiger charge is -2.36. The van der Waals surface area contributed by atoms with Crippen LogP contribution >= 0.6 is 0 Å². The van der Waals surface area contributed by atoms with Crippen molar-refractivity contribution >= 4 is 12.0 Å². The molecule has 0 radical (unpaired) electrons. The fourth-order valence-corrected chi connectivity index (χ4v) is 2.77. The van der Waals surface area contributed by atoms with Gasteiger partial charge in [0, 0.05) is 6.20 Å². The van der Waals surface area contributed by atoms with Gasteiger partial charge in [0.25, 0.3) is 0 Å². The van der Waals surface area contributed by atoms with Gasteiger partial charge in [0.2, 0.25) is 0 Å². The molecule has 1 aromatic heterocycles. The van der Waals surface area contributed by atoms with Crippen LogP contribution in [0.3, 0.4) is 0 Å². The number of hydrogen-bond acceptors (Lipinski definition) is 4.